The molecule has 0 fully saturated rings. The summed E-state index contributed by atoms with van der Waals surface area (Å²) in [7, 11) is 0. The SMILES string of the molecule is O=C(/C=C/c1c[nH]c2ccccc12)NCCOc1ccc(C(=S)NO)cc1. The van der Waals surface area contributed by atoms with Gasteiger partial charge in [-0.1, -0.05) is 30.4 Å². The van der Waals surface area contributed by atoms with E-state index in [0.29, 0.717) is 24.5 Å². The van der Waals surface area contributed by atoms with Crippen LogP contribution in [0.1, 0.15) is 11.1 Å². The van der Waals surface area contributed by atoms with Crippen LogP contribution in [0.25, 0.3) is 17.0 Å². The number of aromatic amines is 1. The molecule has 1 aromatic heterocycles. The van der Waals surface area contributed by atoms with Gasteiger partial charge in [0.25, 0.3) is 0 Å². The molecule has 3 rings (SSSR count). The highest BCUT2D eigenvalue weighted by Gasteiger charge is 2.02. The van der Waals surface area contributed by atoms with Crippen molar-refractivity contribution >= 4 is 40.1 Å². The molecule has 0 spiro atoms. The fourth-order valence-electron chi connectivity index (χ4n) is 2.57. The van der Waals surface area contributed by atoms with Crippen LogP contribution in [-0.2, 0) is 4.79 Å². The molecule has 0 bridgehead atoms. The minimum Gasteiger partial charge on any atom is -0.492 e. The number of hydroxylamine groups is 1. The number of benzene rings is 2. The van der Waals surface area contributed by atoms with Gasteiger partial charge in [0.2, 0.25) is 5.91 Å². The van der Waals surface area contributed by atoms with Gasteiger partial charge < -0.3 is 15.0 Å². The first-order chi connectivity index (χ1) is 13.2. The van der Waals surface area contributed by atoms with Crippen molar-refractivity contribution in [3.05, 3.63) is 71.9 Å². The minimum atomic E-state index is -0.182. The lowest BCUT2D eigenvalue weighted by Crippen LogP contribution is -2.26. The molecular formula is C20H19N3O3S. The van der Waals surface area contributed by atoms with Gasteiger partial charge >= 0.3 is 0 Å². The first-order valence-electron chi connectivity index (χ1n) is 8.36. The third-order valence-corrected chi connectivity index (χ3v) is 4.25. The molecule has 0 unspecified atom stereocenters. The second-order valence-corrected chi connectivity index (χ2v) is 6.14. The molecule has 27 heavy (non-hydrogen) atoms. The molecule has 138 valence electrons. The van der Waals surface area contributed by atoms with Gasteiger partial charge in [0, 0.05) is 28.7 Å². The Labute approximate surface area is 161 Å². The van der Waals surface area contributed by atoms with E-state index in [1.807, 2.05) is 35.9 Å². The first kappa shape index (κ1) is 18.6. The summed E-state index contributed by atoms with van der Waals surface area (Å²) < 4.78 is 5.56. The summed E-state index contributed by atoms with van der Waals surface area (Å²) in [4.78, 5) is 15.3. The van der Waals surface area contributed by atoms with Crippen molar-refractivity contribution in [3.63, 3.8) is 0 Å². The molecule has 6 nitrogen and oxygen atoms in total. The monoisotopic (exact) mass is 381 g/mol. The molecule has 0 saturated carbocycles. The minimum absolute atomic E-state index is 0.182. The van der Waals surface area contributed by atoms with Gasteiger partial charge in [0.1, 0.15) is 17.3 Å². The molecule has 0 aliphatic carbocycles. The van der Waals surface area contributed by atoms with Crippen molar-refractivity contribution in [2.24, 2.45) is 0 Å². The van der Waals surface area contributed by atoms with Crippen molar-refractivity contribution in [1.29, 1.82) is 0 Å². The van der Waals surface area contributed by atoms with Gasteiger partial charge in [0.15, 0.2) is 0 Å². The topological polar surface area (TPSA) is 86.4 Å². The van der Waals surface area contributed by atoms with Crippen molar-refractivity contribution in [2.45, 2.75) is 0 Å². The molecule has 0 radical (unpaired) electrons. The molecular weight excluding hydrogens is 362 g/mol. The highest BCUT2D eigenvalue weighted by Crippen LogP contribution is 2.18. The lowest BCUT2D eigenvalue weighted by atomic mass is 10.1. The fraction of sp³-hybridized carbons (Fsp3) is 0.100. The van der Waals surface area contributed by atoms with Crippen molar-refractivity contribution in [3.8, 4) is 5.75 Å². The van der Waals surface area contributed by atoms with Gasteiger partial charge in [-0.25, -0.2) is 0 Å². The Morgan fingerprint density at radius 3 is 2.74 bits per heavy atom. The number of para-hydroxylation sites is 1. The number of hydrogen-bond acceptors (Lipinski definition) is 4. The van der Waals surface area contributed by atoms with E-state index in [9.17, 15) is 4.79 Å². The van der Waals surface area contributed by atoms with Crippen LogP contribution in [0.15, 0.2) is 60.8 Å². The van der Waals surface area contributed by atoms with Gasteiger partial charge in [-0.15, -0.1) is 0 Å². The Morgan fingerprint density at radius 2 is 1.96 bits per heavy atom. The third kappa shape index (κ3) is 4.93. The Bertz CT molecular complexity index is 964. The van der Waals surface area contributed by atoms with Gasteiger partial charge in [0.05, 0.1) is 6.54 Å². The average Bonchev–Trinajstić information content (AvgIpc) is 3.12. The molecule has 3 aromatic rings. The summed E-state index contributed by atoms with van der Waals surface area (Å²) in [5.41, 5.74) is 4.62. The number of amides is 1. The highest BCUT2D eigenvalue weighted by atomic mass is 32.1. The Morgan fingerprint density at radius 1 is 1.19 bits per heavy atom. The van der Waals surface area contributed by atoms with Gasteiger partial charge in [-0.3, -0.25) is 15.5 Å². The lowest BCUT2D eigenvalue weighted by molar-refractivity contribution is -0.116. The van der Waals surface area contributed by atoms with Crippen LogP contribution in [0.3, 0.4) is 0 Å². The molecule has 7 heteroatoms. The number of nitrogens with one attached hydrogen (secondary N) is 3. The number of carbonyl (C=O) groups is 1. The quantitative estimate of drug-likeness (QED) is 0.219. The Kier molecular flexibility index (Phi) is 6.19. The largest absolute Gasteiger partial charge is 0.492 e. The second-order valence-electron chi connectivity index (χ2n) is 5.73. The van der Waals surface area contributed by atoms with Crippen molar-refractivity contribution < 1.29 is 14.7 Å². The molecule has 0 saturated heterocycles. The van der Waals surface area contributed by atoms with Gasteiger partial charge in [-0.2, -0.15) is 0 Å². The molecule has 0 aliphatic rings. The zero-order valence-corrected chi connectivity index (χ0v) is 15.3. The van der Waals surface area contributed by atoms with E-state index < -0.39 is 0 Å². The molecule has 0 atom stereocenters. The molecule has 1 heterocycles. The second kappa shape index (κ2) is 8.98. The summed E-state index contributed by atoms with van der Waals surface area (Å²) in [5, 5.41) is 12.6. The zero-order valence-electron chi connectivity index (χ0n) is 14.4. The normalized spacial score (nSPS) is 10.9. The molecule has 0 aliphatic heterocycles. The number of H-pyrrole nitrogens is 1. The van der Waals surface area contributed by atoms with Crippen LogP contribution in [0.2, 0.25) is 0 Å². The van der Waals surface area contributed by atoms with E-state index in [0.717, 1.165) is 16.5 Å². The van der Waals surface area contributed by atoms with Crippen LogP contribution in [0.4, 0.5) is 0 Å². The summed E-state index contributed by atoms with van der Waals surface area (Å²) in [5.74, 6) is 0.474. The third-order valence-electron chi connectivity index (χ3n) is 3.92. The van der Waals surface area contributed by atoms with Crippen molar-refractivity contribution in [2.75, 3.05) is 13.2 Å². The number of fused-ring (bicyclic) bond motifs is 1. The average molecular weight is 381 g/mol. The number of aromatic nitrogens is 1. The molecule has 2 aromatic carbocycles. The van der Waals surface area contributed by atoms with E-state index in [2.05, 4.69) is 10.3 Å². The number of ether oxygens (including phenoxy) is 1. The predicted octanol–water partition coefficient (Wildman–Crippen LogP) is 3.03. The number of thiocarbonyl (C=S) groups is 1. The molecule has 1 amide bonds. The maximum absolute atomic E-state index is 11.9. The Hall–Kier alpha value is -3.16. The van der Waals surface area contributed by atoms with Crippen molar-refractivity contribution in [1.82, 2.24) is 15.8 Å². The number of rotatable bonds is 7. The van der Waals surface area contributed by atoms with E-state index >= 15 is 0 Å². The fourth-order valence-corrected chi connectivity index (χ4v) is 2.70. The summed E-state index contributed by atoms with van der Waals surface area (Å²) in [6, 6.07) is 14.9. The first-order valence-corrected chi connectivity index (χ1v) is 8.77. The van der Waals surface area contributed by atoms with Crippen LogP contribution in [0, 0.1) is 0 Å². The number of carbonyl (C=O) groups excluding carboxylic acids is 1. The van der Waals surface area contributed by atoms with Crippen LogP contribution < -0.4 is 15.5 Å². The van der Waals surface area contributed by atoms with E-state index in [-0.39, 0.29) is 10.9 Å². The predicted molar refractivity (Wildman–Crippen MR) is 109 cm³/mol. The number of hydrogen-bond donors (Lipinski definition) is 4. The van der Waals surface area contributed by atoms with Gasteiger partial charge in [-0.05, 0) is 42.0 Å². The summed E-state index contributed by atoms with van der Waals surface area (Å²) >= 11 is 4.92. The standard InChI is InChI=1S/C20H19N3O3S/c24-19(10-7-15-13-22-18-4-2-1-3-17(15)18)21-11-12-26-16-8-5-14(6-9-16)20(27)23-25/h1-10,13,22,25H,11-12H2,(H,21,24)(H,23,27)/b10-7+. The summed E-state index contributed by atoms with van der Waals surface area (Å²) in [6.07, 6.45) is 5.16. The van der Waals surface area contributed by atoms with E-state index in [1.165, 1.54) is 6.08 Å². The zero-order chi connectivity index (χ0) is 19.1. The Balaban J connectivity index is 1.44. The maximum atomic E-state index is 11.9. The van der Waals surface area contributed by atoms with Crippen LogP contribution >= 0.6 is 12.2 Å². The highest BCUT2D eigenvalue weighted by molar-refractivity contribution is 7.80. The summed E-state index contributed by atoms with van der Waals surface area (Å²) in [6.45, 7) is 0.726. The smallest absolute Gasteiger partial charge is 0.244 e. The lowest BCUT2D eigenvalue weighted by Gasteiger charge is -2.08. The molecule has 4 N–H and O–H groups in total. The van der Waals surface area contributed by atoms with Crippen LogP contribution in [0.5, 0.6) is 5.75 Å². The van der Waals surface area contributed by atoms with E-state index in [1.54, 1.807) is 30.3 Å². The van der Waals surface area contributed by atoms with E-state index in [4.69, 9.17) is 22.2 Å². The maximum Gasteiger partial charge on any atom is 0.244 e. The van der Waals surface area contributed by atoms with Crippen LogP contribution in [-0.4, -0.2) is 34.2 Å².